The molecule has 9 heavy (non-hydrogen) atoms. The predicted octanol–water partition coefficient (Wildman–Crippen LogP) is 1.47. The van der Waals surface area contributed by atoms with Crippen LogP contribution in [0, 0.1) is 0 Å². The van der Waals surface area contributed by atoms with Crippen LogP contribution in [-0.2, 0) is 9.84 Å². The molecule has 58 valence electrons. The monoisotopic (exact) mass is 152 g/mol. The van der Waals surface area contributed by atoms with Gasteiger partial charge in [-0.15, -0.1) is 0 Å². The van der Waals surface area contributed by atoms with Gasteiger partial charge in [0.05, 0.1) is 0 Å². The summed E-state index contributed by atoms with van der Waals surface area (Å²) >= 11 is 0. The van der Waals surface area contributed by atoms with Crippen molar-refractivity contribution in [2.75, 3.05) is 12.5 Å². The predicted molar refractivity (Wildman–Crippen MR) is 41.3 cm³/mol. The molecule has 0 aromatic carbocycles. The van der Waals surface area contributed by atoms with Crippen LogP contribution in [-0.4, -0.2) is 20.9 Å². The van der Waals surface area contributed by atoms with Gasteiger partial charge < -0.3 is 0 Å². The number of rotatable bonds is 1. The van der Waals surface area contributed by atoms with Gasteiger partial charge >= 0.3 is 0 Å². The second kappa shape index (κ2) is 6.08. The molecule has 0 atom stereocenters. The Morgan fingerprint density at radius 2 is 1.11 bits per heavy atom. The van der Waals surface area contributed by atoms with Crippen LogP contribution < -0.4 is 0 Å². The van der Waals surface area contributed by atoms with Crippen LogP contribution in [0.15, 0.2) is 0 Å². The molecule has 0 spiro atoms. The Morgan fingerprint density at radius 3 is 1.11 bits per heavy atom. The molecule has 0 heterocycles. The van der Waals surface area contributed by atoms with Crippen molar-refractivity contribution >= 4 is 9.84 Å². The highest BCUT2D eigenvalue weighted by Crippen LogP contribution is 1.76. The minimum absolute atomic E-state index is 1.16. The second-order valence-corrected chi connectivity index (χ2v) is 4.43. The van der Waals surface area contributed by atoms with Crippen LogP contribution in [0.3, 0.4) is 0 Å². The van der Waals surface area contributed by atoms with Crippen molar-refractivity contribution in [3.63, 3.8) is 0 Å². The molecule has 0 aromatic rings. The molecule has 0 unspecified atom stereocenters. The summed E-state index contributed by atoms with van der Waals surface area (Å²) in [5.74, 6) is 0. The van der Waals surface area contributed by atoms with E-state index in [0.29, 0.717) is 0 Å². The molecule has 3 heteroatoms. The number of hydrogen-bond donors (Lipinski definition) is 0. The van der Waals surface area contributed by atoms with Gasteiger partial charge in [0.1, 0.15) is 9.84 Å². The van der Waals surface area contributed by atoms with Crippen molar-refractivity contribution in [1.29, 1.82) is 0 Å². The van der Waals surface area contributed by atoms with Crippen molar-refractivity contribution in [3.8, 4) is 0 Å². The molecule has 0 aliphatic carbocycles. The SMILES string of the molecule is CCCC.CS(C)(=O)=O. The maximum absolute atomic E-state index is 9.63. The molecule has 0 amide bonds. The van der Waals surface area contributed by atoms with Gasteiger partial charge in [-0.3, -0.25) is 0 Å². The molecule has 0 saturated heterocycles. The summed E-state index contributed by atoms with van der Waals surface area (Å²) in [4.78, 5) is 0. The molecule has 0 N–H and O–H groups in total. The van der Waals surface area contributed by atoms with Gasteiger partial charge in [0, 0.05) is 12.5 Å². The van der Waals surface area contributed by atoms with Crippen LogP contribution in [0.5, 0.6) is 0 Å². The number of unbranched alkanes of at least 4 members (excludes halogenated alkanes) is 1. The molecule has 0 saturated carbocycles. The Hall–Kier alpha value is -0.0500. The molecule has 0 bridgehead atoms. The molecule has 0 aliphatic heterocycles. The third kappa shape index (κ3) is 312. The molecular formula is C6H16O2S. The van der Waals surface area contributed by atoms with Crippen LogP contribution >= 0.6 is 0 Å². The summed E-state index contributed by atoms with van der Waals surface area (Å²) in [7, 11) is -2.67. The van der Waals surface area contributed by atoms with Crippen molar-refractivity contribution in [2.24, 2.45) is 0 Å². The Morgan fingerprint density at radius 1 is 1.00 bits per heavy atom. The Balaban J connectivity index is 0. The van der Waals surface area contributed by atoms with Gasteiger partial charge in [-0.2, -0.15) is 0 Å². The van der Waals surface area contributed by atoms with E-state index >= 15 is 0 Å². The topological polar surface area (TPSA) is 34.1 Å². The third-order valence-electron chi connectivity index (χ3n) is 0.500. The largest absolute Gasteiger partial charge is 0.229 e. The van der Waals surface area contributed by atoms with Crippen LogP contribution in [0.1, 0.15) is 26.7 Å². The van der Waals surface area contributed by atoms with E-state index in [4.69, 9.17) is 0 Å². The summed E-state index contributed by atoms with van der Waals surface area (Å²) in [6.45, 7) is 4.36. The normalized spacial score (nSPS) is 9.78. The van der Waals surface area contributed by atoms with Gasteiger partial charge in [-0.05, 0) is 0 Å². The minimum Gasteiger partial charge on any atom is -0.229 e. The van der Waals surface area contributed by atoms with E-state index in [1.54, 1.807) is 0 Å². The van der Waals surface area contributed by atoms with E-state index in [0.717, 1.165) is 12.5 Å². The highest BCUT2D eigenvalue weighted by atomic mass is 32.2. The average molecular weight is 152 g/mol. The summed E-state index contributed by atoms with van der Waals surface area (Å²) in [5, 5.41) is 0. The highest BCUT2D eigenvalue weighted by Gasteiger charge is 1.79. The fourth-order valence-electron chi connectivity index (χ4n) is 0. The molecule has 0 aliphatic rings. The summed E-state index contributed by atoms with van der Waals surface area (Å²) < 4.78 is 19.3. The first-order valence-corrected chi connectivity index (χ1v) is 5.36. The fourth-order valence-corrected chi connectivity index (χ4v) is 0. The minimum atomic E-state index is -2.67. The van der Waals surface area contributed by atoms with Crippen LogP contribution in [0.4, 0.5) is 0 Å². The molecule has 0 fully saturated rings. The first-order chi connectivity index (χ1) is 3.91. The first-order valence-electron chi connectivity index (χ1n) is 3.06. The van der Waals surface area contributed by atoms with Gasteiger partial charge in [0.15, 0.2) is 0 Å². The van der Waals surface area contributed by atoms with E-state index in [9.17, 15) is 8.42 Å². The van der Waals surface area contributed by atoms with Gasteiger partial charge in [-0.1, -0.05) is 26.7 Å². The maximum atomic E-state index is 9.63. The van der Waals surface area contributed by atoms with Crippen LogP contribution in [0.25, 0.3) is 0 Å². The zero-order valence-electron chi connectivity index (χ0n) is 6.64. The Labute approximate surface area is 58.2 Å². The summed E-state index contributed by atoms with van der Waals surface area (Å²) in [5.41, 5.74) is 0. The summed E-state index contributed by atoms with van der Waals surface area (Å²) in [6.07, 6.45) is 4.96. The Kier molecular flexibility index (Phi) is 7.91. The van der Waals surface area contributed by atoms with Crippen molar-refractivity contribution in [1.82, 2.24) is 0 Å². The lowest BCUT2D eigenvalue weighted by Gasteiger charge is -1.69. The lowest BCUT2D eigenvalue weighted by molar-refractivity contribution is 0.607. The van der Waals surface area contributed by atoms with Gasteiger partial charge in [0.25, 0.3) is 0 Å². The molecule has 0 radical (unpaired) electrons. The lowest BCUT2D eigenvalue weighted by atomic mass is 10.4. The number of sulfone groups is 1. The average Bonchev–Trinajstić information content (AvgIpc) is 1.61. The van der Waals surface area contributed by atoms with E-state index in [1.165, 1.54) is 12.8 Å². The fraction of sp³-hybridized carbons (Fsp3) is 1.00. The quantitative estimate of drug-likeness (QED) is 0.570. The van der Waals surface area contributed by atoms with Gasteiger partial charge in [0.2, 0.25) is 0 Å². The second-order valence-electron chi connectivity index (χ2n) is 2.14. The molecule has 0 rings (SSSR count). The van der Waals surface area contributed by atoms with E-state index in [1.807, 2.05) is 0 Å². The van der Waals surface area contributed by atoms with Crippen molar-refractivity contribution < 1.29 is 8.42 Å². The third-order valence-corrected chi connectivity index (χ3v) is 0.500. The standard InChI is InChI=1S/C4H10.C2H6O2S/c1-3-4-2;1-5(2,3)4/h3-4H2,1-2H3;1-2H3. The van der Waals surface area contributed by atoms with Gasteiger partial charge in [-0.25, -0.2) is 8.42 Å². The van der Waals surface area contributed by atoms with Crippen molar-refractivity contribution in [2.45, 2.75) is 26.7 Å². The van der Waals surface area contributed by atoms with Crippen LogP contribution in [0.2, 0.25) is 0 Å². The number of hydrogen-bond acceptors (Lipinski definition) is 2. The Bertz CT molecular complexity index is 114. The zero-order valence-corrected chi connectivity index (χ0v) is 7.46. The molecule has 2 nitrogen and oxygen atoms in total. The lowest BCUT2D eigenvalue weighted by Crippen LogP contribution is -1.86. The highest BCUT2D eigenvalue weighted by molar-refractivity contribution is 7.89. The smallest absolute Gasteiger partial charge is 0.144 e. The van der Waals surface area contributed by atoms with E-state index in [-0.39, 0.29) is 0 Å². The maximum Gasteiger partial charge on any atom is 0.144 e. The van der Waals surface area contributed by atoms with E-state index in [2.05, 4.69) is 13.8 Å². The zero-order chi connectivity index (χ0) is 7.91. The molecule has 0 aromatic heterocycles. The molecular weight excluding hydrogens is 136 g/mol. The summed E-state index contributed by atoms with van der Waals surface area (Å²) in [6, 6.07) is 0. The first kappa shape index (κ1) is 11.7. The van der Waals surface area contributed by atoms with E-state index < -0.39 is 9.84 Å². The van der Waals surface area contributed by atoms with Crippen molar-refractivity contribution in [3.05, 3.63) is 0 Å².